The van der Waals surface area contributed by atoms with Gasteiger partial charge in [0.15, 0.2) is 0 Å². The Morgan fingerprint density at radius 3 is 2.81 bits per heavy atom. The standard InChI is InChI=1S/C10H14N4OS/c1-12-9(15)4-5-13-7-2-3-8(10(11)16)14-6-7/h2-3,6,13H,4-5H2,1H3,(H2,11,16)(H,12,15). The number of hydrogen-bond donors (Lipinski definition) is 3. The fourth-order valence-electron chi connectivity index (χ4n) is 1.09. The van der Waals surface area contributed by atoms with E-state index in [0.29, 0.717) is 18.7 Å². The summed E-state index contributed by atoms with van der Waals surface area (Å²) in [7, 11) is 1.61. The number of pyridine rings is 1. The SMILES string of the molecule is CNC(=O)CCNc1ccc(C(N)=S)nc1. The lowest BCUT2D eigenvalue weighted by Crippen LogP contribution is -2.20. The smallest absolute Gasteiger partial charge is 0.221 e. The van der Waals surface area contributed by atoms with E-state index >= 15 is 0 Å². The molecule has 0 spiro atoms. The molecule has 0 saturated carbocycles. The summed E-state index contributed by atoms with van der Waals surface area (Å²) in [5.41, 5.74) is 6.84. The van der Waals surface area contributed by atoms with Gasteiger partial charge in [0.2, 0.25) is 5.91 Å². The Balaban J connectivity index is 2.43. The van der Waals surface area contributed by atoms with Crippen molar-refractivity contribution in [1.82, 2.24) is 10.3 Å². The van der Waals surface area contributed by atoms with Crippen LogP contribution in [0.5, 0.6) is 0 Å². The van der Waals surface area contributed by atoms with Crippen molar-refractivity contribution in [3.05, 3.63) is 24.0 Å². The second-order valence-corrected chi connectivity index (χ2v) is 3.59. The molecule has 1 aromatic rings. The number of carbonyl (C=O) groups is 1. The van der Waals surface area contributed by atoms with Gasteiger partial charge in [0, 0.05) is 20.0 Å². The molecule has 1 amide bonds. The number of nitrogens with zero attached hydrogens (tertiary/aromatic N) is 1. The summed E-state index contributed by atoms with van der Waals surface area (Å²) in [6.45, 7) is 0.563. The largest absolute Gasteiger partial charge is 0.388 e. The van der Waals surface area contributed by atoms with Crippen LogP contribution >= 0.6 is 12.2 Å². The van der Waals surface area contributed by atoms with Gasteiger partial charge >= 0.3 is 0 Å². The minimum Gasteiger partial charge on any atom is -0.388 e. The third kappa shape index (κ3) is 3.82. The van der Waals surface area contributed by atoms with Crippen molar-refractivity contribution in [3.63, 3.8) is 0 Å². The molecule has 0 aromatic carbocycles. The van der Waals surface area contributed by atoms with Crippen molar-refractivity contribution in [1.29, 1.82) is 0 Å². The van der Waals surface area contributed by atoms with Gasteiger partial charge in [0.05, 0.1) is 17.6 Å². The van der Waals surface area contributed by atoms with E-state index in [2.05, 4.69) is 15.6 Å². The zero-order valence-corrected chi connectivity index (χ0v) is 9.80. The van der Waals surface area contributed by atoms with Crippen LogP contribution in [-0.4, -0.2) is 29.5 Å². The van der Waals surface area contributed by atoms with Gasteiger partial charge in [0.1, 0.15) is 4.99 Å². The van der Waals surface area contributed by atoms with Crippen LogP contribution in [0.1, 0.15) is 12.1 Å². The number of rotatable bonds is 5. The summed E-state index contributed by atoms with van der Waals surface area (Å²) >= 11 is 4.78. The quantitative estimate of drug-likeness (QED) is 0.641. The molecule has 0 aliphatic carbocycles. The van der Waals surface area contributed by atoms with Crippen molar-refractivity contribution in [3.8, 4) is 0 Å². The summed E-state index contributed by atoms with van der Waals surface area (Å²) in [5, 5.41) is 5.62. The van der Waals surface area contributed by atoms with Crippen LogP contribution in [-0.2, 0) is 4.79 Å². The lowest BCUT2D eigenvalue weighted by Gasteiger charge is -2.05. The number of nitrogens with two attached hydrogens (primary N) is 1. The molecule has 0 unspecified atom stereocenters. The number of nitrogens with one attached hydrogen (secondary N) is 2. The van der Waals surface area contributed by atoms with E-state index in [0.717, 1.165) is 5.69 Å². The monoisotopic (exact) mass is 238 g/mol. The zero-order chi connectivity index (χ0) is 12.0. The highest BCUT2D eigenvalue weighted by molar-refractivity contribution is 7.80. The molecule has 0 atom stereocenters. The van der Waals surface area contributed by atoms with Crippen LogP contribution in [0.2, 0.25) is 0 Å². The molecule has 86 valence electrons. The molecule has 1 aromatic heterocycles. The highest BCUT2D eigenvalue weighted by Gasteiger charge is 1.99. The summed E-state index contributed by atoms with van der Waals surface area (Å²) in [6.07, 6.45) is 2.06. The number of hydrogen-bond acceptors (Lipinski definition) is 4. The molecule has 0 aliphatic rings. The van der Waals surface area contributed by atoms with Gasteiger partial charge in [-0.1, -0.05) is 12.2 Å². The first-order chi connectivity index (χ1) is 7.63. The normalized spacial score (nSPS) is 9.56. The molecular formula is C10H14N4OS. The van der Waals surface area contributed by atoms with E-state index in [-0.39, 0.29) is 10.9 Å². The Labute approximate surface area is 99.4 Å². The molecule has 0 fully saturated rings. The first-order valence-electron chi connectivity index (χ1n) is 4.84. The first-order valence-corrected chi connectivity index (χ1v) is 5.24. The predicted octanol–water partition coefficient (Wildman–Crippen LogP) is 0.264. The Bertz CT molecular complexity index is 377. The number of carbonyl (C=O) groups excluding carboxylic acids is 1. The maximum absolute atomic E-state index is 10.9. The Morgan fingerprint density at radius 2 is 2.31 bits per heavy atom. The summed E-state index contributed by atoms with van der Waals surface area (Å²) in [4.78, 5) is 15.3. The van der Waals surface area contributed by atoms with Crippen LogP contribution in [0.4, 0.5) is 5.69 Å². The number of thiocarbonyl (C=S) groups is 1. The van der Waals surface area contributed by atoms with Crippen LogP contribution in [0.25, 0.3) is 0 Å². The highest BCUT2D eigenvalue weighted by Crippen LogP contribution is 2.05. The second-order valence-electron chi connectivity index (χ2n) is 3.15. The first kappa shape index (κ1) is 12.4. The molecule has 6 heteroatoms. The highest BCUT2D eigenvalue weighted by atomic mass is 32.1. The van der Waals surface area contributed by atoms with Gasteiger partial charge < -0.3 is 16.4 Å². The van der Waals surface area contributed by atoms with Gasteiger partial charge in [-0.15, -0.1) is 0 Å². The Hall–Kier alpha value is -1.69. The van der Waals surface area contributed by atoms with E-state index in [4.69, 9.17) is 18.0 Å². The fraction of sp³-hybridized carbons (Fsp3) is 0.300. The topological polar surface area (TPSA) is 80.0 Å². The average molecular weight is 238 g/mol. The number of amides is 1. The van der Waals surface area contributed by atoms with Crippen molar-refractivity contribution < 1.29 is 4.79 Å². The number of aromatic nitrogens is 1. The molecule has 1 rings (SSSR count). The predicted molar refractivity (Wildman–Crippen MR) is 67.3 cm³/mol. The van der Waals surface area contributed by atoms with Gasteiger partial charge in [-0.05, 0) is 12.1 Å². The average Bonchev–Trinajstić information content (AvgIpc) is 2.29. The lowest BCUT2D eigenvalue weighted by molar-refractivity contribution is -0.120. The third-order valence-corrected chi connectivity index (χ3v) is 2.19. The van der Waals surface area contributed by atoms with E-state index in [1.54, 1.807) is 19.3 Å². The molecule has 0 saturated heterocycles. The Morgan fingerprint density at radius 1 is 1.56 bits per heavy atom. The second kappa shape index (κ2) is 6.02. The molecular weight excluding hydrogens is 224 g/mol. The van der Waals surface area contributed by atoms with E-state index < -0.39 is 0 Å². The van der Waals surface area contributed by atoms with E-state index in [1.165, 1.54) is 0 Å². The summed E-state index contributed by atoms with van der Waals surface area (Å²) < 4.78 is 0. The van der Waals surface area contributed by atoms with Crippen LogP contribution < -0.4 is 16.4 Å². The molecule has 0 aliphatic heterocycles. The van der Waals surface area contributed by atoms with Gasteiger partial charge in [0.25, 0.3) is 0 Å². The molecule has 5 nitrogen and oxygen atoms in total. The van der Waals surface area contributed by atoms with Gasteiger partial charge in [-0.3, -0.25) is 9.78 Å². The number of anilines is 1. The van der Waals surface area contributed by atoms with Crippen LogP contribution in [0.3, 0.4) is 0 Å². The van der Waals surface area contributed by atoms with Crippen molar-refractivity contribution in [2.75, 3.05) is 18.9 Å². The zero-order valence-electron chi connectivity index (χ0n) is 8.99. The Kier molecular flexibility index (Phi) is 4.65. The fourth-order valence-corrected chi connectivity index (χ4v) is 1.21. The molecule has 4 N–H and O–H groups in total. The maximum Gasteiger partial charge on any atom is 0.221 e. The third-order valence-electron chi connectivity index (χ3n) is 1.98. The van der Waals surface area contributed by atoms with Crippen LogP contribution in [0, 0.1) is 0 Å². The molecule has 1 heterocycles. The van der Waals surface area contributed by atoms with Crippen molar-refractivity contribution in [2.24, 2.45) is 5.73 Å². The molecule has 16 heavy (non-hydrogen) atoms. The van der Waals surface area contributed by atoms with Gasteiger partial charge in [-0.25, -0.2) is 0 Å². The summed E-state index contributed by atoms with van der Waals surface area (Å²) in [5.74, 6) is 0.000199. The molecule has 0 bridgehead atoms. The maximum atomic E-state index is 10.9. The van der Waals surface area contributed by atoms with Crippen molar-refractivity contribution >= 4 is 28.8 Å². The van der Waals surface area contributed by atoms with Crippen molar-refractivity contribution in [2.45, 2.75) is 6.42 Å². The lowest BCUT2D eigenvalue weighted by atomic mass is 10.3. The van der Waals surface area contributed by atoms with E-state index in [1.807, 2.05) is 6.07 Å². The van der Waals surface area contributed by atoms with Crippen LogP contribution in [0.15, 0.2) is 18.3 Å². The minimum absolute atomic E-state index is 0.000199. The minimum atomic E-state index is 0.000199. The summed E-state index contributed by atoms with van der Waals surface area (Å²) in [6, 6.07) is 3.57. The van der Waals surface area contributed by atoms with E-state index in [9.17, 15) is 4.79 Å². The van der Waals surface area contributed by atoms with Gasteiger partial charge in [-0.2, -0.15) is 0 Å². The molecule has 0 radical (unpaired) electrons.